The molecule has 0 spiro atoms. The van der Waals surface area contributed by atoms with Crippen LogP contribution in [0, 0.1) is 5.92 Å². The van der Waals surface area contributed by atoms with E-state index in [1.807, 2.05) is 0 Å². The summed E-state index contributed by atoms with van der Waals surface area (Å²) in [7, 11) is 0. The molecule has 1 saturated carbocycles. The summed E-state index contributed by atoms with van der Waals surface area (Å²) in [6, 6.07) is 0.163. The van der Waals surface area contributed by atoms with E-state index < -0.39 is 0 Å². The molecule has 1 aliphatic heterocycles. The van der Waals surface area contributed by atoms with Gasteiger partial charge in [-0.05, 0) is 31.6 Å². The average Bonchev–Trinajstić information content (AvgIpc) is 3.23. The molecule has 1 atom stereocenters. The maximum Gasteiger partial charge on any atom is 0.291 e. The monoisotopic (exact) mass is 283 g/mol. The predicted octanol–water partition coefficient (Wildman–Crippen LogP) is 1.90. The van der Waals surface area contributed by atoms with Gasteiger partial charge in [0.05, 0.1) is 17.8 Å². The molecule has 1 saturated heterocycles. The summed E-state index contributed by atoms with van der Waals surface area (Å²) in [4.78, 5) is 12.3. The van der Waals surface area contributed by atoms with E-state index in [1.54, 1.807) is 6.20 Å². The molecule has 1 aromatic rings. The molecule has 0 bridgehead atoms. The predicted molar refractivity (Wildman–Crippen MR) is 73.7 cm³/mol. The second-order valence-electron chi connectivity index (χ2n) is 5.36. The minimum atomic E-state index is -0.120. The molecular formula is C13H18ClN3O2. The summed E-state index contributed by atoms with van der Waals surface area (Å²) >= 11 is 6.09. The van der Waals surface area contributed by atoms with Crippen LogP contribution >= 0.6 is 11.6 Å². The second-order valence-corrected chi connectivity index (χ2v) is 5.76. The first-order valence-corrected chi connectivity index (χ1v) is 7.22. The van der Waals surface area contributed by atoms with Gasteiger partial charge in [0.25, 0.3) is 5.56 Å². The SMILES string of the molecule is O=c1c(NC2CCCOC2)c(Cl)cnn1CC1CC1. The topological polar surface area (TPSA) is 56.1 Å². The summed E-state index contributed by atoms with van der Waals surface area (Å²) in [6.07, 6.45) is 5.95. The lowest BCUT2D eigenvalue weighted by atomic mass is 10.1. The fourth-order valence-corrected chi connectivity index (χ4v) is 2.51. The Balaban J connectivity index is 1.79. The van der Waals surface area contributed by atoms with E-state index in [9.17, 15) is 4.79 Å². The van der Waals surface area contributed by atoms with Crippen LogP contribution in [0.3, 0.4) is 0 Å². The van der Waals surface area contributed by atoms with Crippen molar-refractivity contribution in [2.24, 2.45) is 5.92 Å². The Morgan fingerprint density at radius 2 is 2.32 bits per heavy atom. The number of hydrogen-bond donors (Lipinski definition) is 1. The van der Waals surface area contributed by atoms with E-state index in [0.29, 0.717) is 29.8 Å². The molecule has 6 heteroatoms. The minimum absolute atomic E-state index is 0.120. The van der Waals surface area contributed by atoms with E-state index in [2.05, 4.69) is 10.4 Å². The molecule has 0 radical (unpaired) electrons. The Labute approximate surface area is 116 Å². The first-order chi connectivity index (χ1) is 9.24. The van der Waals surface area contributed by atoms with E-state index in [0.717, 1.165) is 19.4 Å². The number of rotatable bonds is 4. The van der Waals surface area contributed by atoms with Crippen LogP contribution in [0.4, 0.5) is 5.69 Å². The highest BCUT2D eigenvalue weighted by Crippen LogP contribution is 2.30. The van der Waals surface area contributed by atoms with Crippen molar-refractivity contribution in [3.8, 4) is 0 Å². The first-order valence-electron chi connectivity index (χ1n) is 6.84. The van der Waals surface area contributed by atoms with Crippen molar-refractivity contribution >= 4 is 17.3 Å². The largest absolute Gasteiger partial charge is 0.379 e. The third kappa shape index (κ3) is 3.09. The van der Waals surface area contributed by atoms with Crippen molar-refractivity contribution in [3.05, 3.63) is 21.6 Å². The fraction of sp³-hybridized carbons (Fsp3) is 0.692. The summed E-state index contributed by atoms with van der Waals surface area (Å²) in [5.41, 5.74) is 0.345. The maximum absolute atomic E-state index is 12.3. The van der Waals surface area contributed by atoms with Crippen LogP contribution in [-0.2, 0) is 11.3 Å². The number of aromatic nitrogens is 2. The average molecular weight is 284 g/mol. The van der Waals surface area contributed by atoms with E-state index in [-0.39, 0.29) is 11.6 Å². The van der Waals surface area contributed by atoms with Gasteiger partial charge in [0, 0.05) is 19.2 Å². The van der Waals surface area contributed by atoms with Crippen LogP contribution in [0.2, 0.25) is 5.02 Å². The van der Waals surface area contributed by atoms with Gasteiger partial charge in [-0.25, -0.2) is 4.68 Å². The molecule has 1 N–H and O–H groups in total. The molecule has 1 aromatic heterocycles. The number of ether oxygens (including phenoxy) is 1. The Morgan fingerprint density at radius 3 is 3.00 bits per heavy atom. The molecule has 2 fully saturated rings. The summed E-state index contributed by atoms with van der Waals surface area (Å²) in [5, 5.41) is 7.73. The highest BCUT2D eigenvalue weighted by Gasteiger charge is 2.24. The lowest BCUT2D eigenvalue weighted by molar-refractivity contribution is 0.0875. The van der Waals surface area contributed by atoms with Gasteiger partial charge >= 0.3 is 0 Å². The Bertz CT molecular complexity index is 507. The number of nitrogens with zero attached hydrogens (tertiary/aromatic N) is 2. The molecule has 104 valence electrons. The molecule has 5 nitrogen and oxygen atoms in total. The third-order valence-corrected chi connectivity index (χ3v) is 3.92. The Kier molecular flexibility index (Phi) is 3.75. The molecule has 2 aliphatic rings. The van der Waals surface area contributed by atoms with Crippen LogP contribution in [0.1, 0.15) is 25.7 Å². The number of nitrogens with one attached hydrogen (secondary N) is 1. The zero-order valence-electron chi connectivity index (χ0n) is 10.8. The Hall–Kier alpha value is -1.07. The highest BCUT2D eigenvalue weighted by atomic mass is 35.5. The van der Waals surface area contributed by atoms with Crippen LogP contribution in [0.25, 0.3) is 0 Å². The summed E-state index contributed by atoms with van der Waals surface area (Å²) in [5.74, 6) is 0.609. The molecule has 1 aliphatic carbocycles. The number of anilines is 1. The van der Waals surface area contributed by atoms with Gasteiger partial charge in [-0.2, -0.15) is 5.10 Å². The normalized spacial score (nSPS) is 23.3. The minimum Gasteiger partial charge on any atom is -0.379 e. The van der Waals surface area contributed by atoms with Gasteiger partial charge in [-0.3, -0.25) is 4.79 Å². The molecule has 0 aromatic carbocycles. The summed E-state index contributed by atoms with van der Waals surface area (Å²) in [6.45, 7) is 2.13. The van der Waals surface area contributed by atoms with Gasteiger partial charge in [-0.15, -0.1) is 0 Å². The van der Waals surface area contributed by atoms with Crippen molar-refractivity contribution in [2.45, 2.75) is 38.3 Å². The van der Waals surface area contributed by atoms with Gasteiger partial charge in [0.2, 0.25) is 0 Å². The zero-order valence-corrected chi connectivity index (χ0v) is 11.5. The van der Waals surface area contributed by atoms with Crippen molar-refractivity contribution in [3.63, 3.8) is 0 Å². The first kappa shape index (κ1) is 12.9. The van der Waals surface area contributed by atoms with Crippen LogP contribution in [0.15, 0.2) is 11.0 Å². The van der Waals surface area contributed by atoms with Crippen molar-refractivity contribution in [1.29, 1.82) is 0 Å². The smallest absolute Gasteiger partial charge is 0.291 e. The van der Waals surface area contributed by atoms with Crippen molar-refractivity contribution in [2.75, 3.05) is 18.5 Å². The van der Waals surface area contributed by atoms with Crippen LogP contribution in [0.5, 0.6) is 0 Å². The summed E-state index contributed by atoms with van der Waals surface area (Å²) < 4.78 is 6.93. The fourth-order valence-electron chi connectivity index (χ4n) is 2.33. The van der Waals surface area contributed by atoms with Gasteiger partial charge in [0.1, 0.15) is 5.69 Å². The molecular weight excluding hydrogens is 266 g/mol. The zero-order chi connectivity index (χ0) is 13.2. The highest BCUT2D eigenvalue weighted by molar-refractivity contribution is 6.33. The van der Waals surface area contributed by atoms with E-state index in [4.69, 9.17) is 16.3 Å². The Morgan fingerprint density at radius 1 is 1.47 bits per heavy atom. The number of halogens is 1. The second kappa shape index (κ2) is 5.51. The quantitative estimate of drug-likeness (QED) is 0.917. The van der Waals surface area contributed by atoms with Crippen LogP contribution < -0.4 is 10.9 Å². The van der Waals surface area contributed by atoms with Crippen molar-refractivity contribution in [1.82, 2.24) is 9.78 Å². The van der Waals surface area contributed by atoms with E-state index in [1.165, 1.54) is 17.5 Å². The molecule has 1 unspecified atom stereocenters. The maximum atomic E-state index is 12.3. The standard InChI is InChI=1S/C13H18ClN3O2/c14-11-6-15-17(7-9-3-4-9)13(18)12(11)16-10-2-1-5-19-8-10/h6,9-10,16H,1-5,7-8H2. The molecule has 0 amide bonds. The molecule has 2 heterocycles. The lowest BCUT2D eigenvalue weighted by Gasteiger charge is -2.24. The number of hydrogen-bond acceptors (Lipinski definition) is 4. The third-order valence-electron chi connectivity index (χ3n) is 3.63. The van der Waals surface area contributed by atoms with Gasteiger partial charge < -0.3 is 10.1 Å². The van der Waals surface area contributed by atoms with Crippen LogP contribution in [-0.4, -0.2) is 29.0 Å². The van der Waals surface area contributed by atoms with Gasteiger partial charge in [0.15, 0.2) is 0 Å². The van der Waals surface area contributed by atoms with Crippen molar-refractivity contribution < 1.29 is 4.74 Å². The molecule has 3 rings (SSSR count). The lowest BCUT2D eigenvalue weighted by Crippen LogP contribution is -2.34. The van der Waals surface area contributed by atoms with Gasteiger partial charge in [-0.1, -0.05) is 11.6 Å². The van der Waals surface area contributed by atoms with E-state index >= 15 is 0 Å². The molecule has 19 heavy (non-hydrogen) atoms.